The molecule has 1 N–H and O–H groups in total. The summed E-state index contributed by atoms with van der Waals surface area (Å²) in [5, 5.41) is 3.26. The van der Waals surface area contributed by atoms with Crippen LogP contribution in [-0.4, -0.2) is 30.9 Å². The van der Waals surface area contributed by atoms with E-state index >= 15 is 0 Å². The molecule has 0 saturated carbocycles. The lowest BCUT2D eigenvalue weighted by Gasteiger charge is -2.20. The smallest absolute Gasteiger partial charge is 0.264 e. The van der Waals surface area contributed by atoms with Crippen LogP contribution >= 0.6 is 11.6 Å². The van der Waals surface area contributed by atoms with Crippen molar-refractivity contribution in [2.75, 3.05) is 16.7 Å². The molecule has 4 rings (SSSR count). The number of benzene rings is 3. The molecule has 0 radical (unpaired) electrons. The molecule has 0 aliphatic heterocycles. The number of imidazole rings is 1. The predicted molar refractivity (Wildman–Crippen MR) is 130 cm³/mol. The van der Waals surface area contributed by atoms with E-state index in [1.807, 2.05) is 6.92 Å². The third kappa shape index (κ3) is 4.76. The molecule has 168 valence electrons. The van der Waals surface area contributed by atoms with Gasteiger partial charge in [-0.05, 0) is 61.5 Å². The highest BCUT2D eigenvalue weighted by Crippen LogP contribution is 2.26. The first-order valence-electron chi connectivity index (χ1n) is 10.0. The number of halogens is 1. The van der Waals surface area contributed by atoms with Crippen LogP contribution in [0.15, 0.2) is 90.3 Å². The number of rotatable bonds is 6. The van der Waals surface area contributed by atoms with Crippen molar-refractivity contribution in [2.24, 2.45) is 0 Å². The van der Waals surface area contributed by atoms with Crippen LogP contribution in [0.3, 0.4) is 0 Å². The average Bonchev–Trinajstić information content (AvgIpc) is 3.33. The molecule has 1 aromatic heterocycles. The number of carbonyl (C=O) groups is 1. The van der Waals surface area contributed by atoms with E-state index < -0.39 is 10.0 Å². The molecule has 0 unspecified atom stereocenters. The highest BCUT2D eigenvalue weighted by Gasteiger charge is 2.21. The van der Waals surface area contributed by atoms with Gasteiger partial charge >= 0.3 is 0 Å². The van der Waals surface area contributed by atoms with Crippen LogP contribution in [0, 0.1) is 6.92 Å². The Labute approximate surface area is 197 Å². The minimum absolute atomic E-state index is 0.202. The van der Waals surface area contributed by atoms with Crippen molar-refractivity contribution in [1.29, 1.82) is 0 Å². The summed E-state index contributed by atoms with van der Waals surface area (Å²) in [6.45, 7) is 1.89. The molecule has 0 aliphatic carbocycles. The molecule has 1 heterocycles. The van der Waals surface area contributed by atoms with E-state index in [4.69, 9.17) is 11.6 Å². The zero-order chi connectivity index (χ0) is 23.6. The van der Waals surface area contributed by atoms with Gasteiger partial charge in [-0.1, -0.05) is 29.3 Å². The Kier molecular flexibility index (Phi) is 6.22. The lowest BCUT2D eigenvalue weighted by atomic mass is 10.2. The quantitative estimate of drug-likeness (QED) is 0.425. The second-order valence-corrected chi connectivity index (χ2v) is 9.80. The molecule has 7 nitrogen and oxygen atoms in total. The van der Waals surface area contributed by atoms with Crippen molar-refractivity contribution in [1.82, 2.24) is 9.55 Å². The summed E-state index contributed by atoms with van der Waals surface area (Å²) >= 11 is 6.35. The molecular weight excluding hydrogens is 460 g/mol. The van der Waals surface area contributed by atoms with E-state index in [2.05, 4.69) is 10.3 Å². The maximum atomic E-state index is 12.9. The number of aryl methyl sites for hydroxylation is 1. The number of amides is 1. The minimum Gasteiger partial charge on any atom is -0.322 e. The Morgan fingerprint density at radius 3 is 2.33 bits per heavy atom. The van der Waals surface area contributed by atoms with E-state index in [1.165, 1.54) is 11.4 Å². The van der Waals surface area contributed by atoms with Crippen molar-refractivity contribution in [3.05, 3.63) is 102 Å². The first kappa shape index (κ1) is 22.6. The largest absolute Gasteiger partial charge is 0.322 e. The zero-order valence-corrected chi connectivity index (χ0v) is 19.5. The number of nitrogens with one attached hydrogen (secondary N) is 1. The standard InChI is InChI=1S/C24H21ClN4O3S/c1-17-3-10-21(11-4-17)33(31,32)28(2)20-8-5-18(6-9-20)24(30)27-19-7-12-23(22(25)15-19)29-14-13-26-16-29/h3-16H,1-2H3,(H,27,30). The van der Waals surface area contributed by atoms with Crippen molar-refractivity contribution in [3.63, 3.8) is 0 Å². The number of carbonyl (C=O) groups excluding carboxylic acids is 1. The Balaban J connectivity index is 1.48. The molecular formula is C24H21ClN4O3S. The molecule has 4 aromatic rings. The van der Waals surface area contributed by atoms with Crippen molar-refractivity contribution < 1.29 is 13.2 Å². The van der Waals surface area contributed by atoms with Gasteiger partial charge in [0.2, 0.25) is 0 Å². The molecule has 0 aliphatic rings. The molecule has 9 heteroatoms. The number of nitrogens with zero attached hydrogens (tertiary/aromatic N) is 3. The van der Waals surface area contributed by atoms with Crippen LogP contribution < -0.4 is 9.62 Å². The van der Waals surface area contributed by atoms with Gasteiger partial charge in [-0.15, -0.1) is 0 Å². The number of anilines is 2. The van der Waals surface area contributed by atoms with Crippen LogP contribution in [0.5, 0.6) is 0 Å². The van der Waals surface area contributed by atoms with Gasteiger partial charge < -0.3 is 9.88 Å². The summed E-state index contributed by atoms with van der Waals surface area (Å²) in [6, 6.07) is 18.2. The first-order valence-corrected chi connectivity index (χ1v) is 11.8. The SMILES string of the molecule is Cc1ccc(S(=O)(=O)N(C)c2ccc(C(=O)Nc3ccc(-n4ccnc4)c(Cl)c3)cc2)cc1. The lowest BCUT2D eigenvalue weighted by molar-refractivity contribution is 0.102. The molecule has 33 heavy (non-hydrogen) atoms. The van der Waals surface area contributed by atoms with E-state index in [1.54, 1.807) is 90.0 Å². The molecule has 3 aromatic carbocycles. The number of hydrogen-bond donors (Lipinski definition) is 1. The zero-order valence-electron chi connectivity index (χ0n) is 17.9. The third-order valence-corrected chi connectivity index (χ3v) is 7.26. The van der Waals surface area contributed by atoms with Gasteiger partial charge in [0.05, 0.1) is 27.6 Å². The fraction of sp³-hybridized carbons (Fsp3) is 0.0833. The van der Waals surface area contributed by atoms with Crippen LogP contribution in [0.2, 0.25) is 5.02 Å². The van der Waals surface area contributed by atoms with Gasteiger partial charge in [0.15, 0.2) is 0 Å². The van der Waals surface area contributed by atoms with Gasteiger partial charge in [-0.3, -0.25) is 9.10 Å². The minimum atomic E-state index is -3.71. The normalized spacial score (nSPS) is 11.2. The summed E-state index contributed by atoms with van der Waals surface area (Å²) < 4.78 is 28.7. The van der Waals surface area contributed by atoms with E-state index in [0.29, 0.717) is 22.0 Å². The third-order valence-electron chi connectivity index (χ3n) is 5.16. The van der Waals surface area contributed by atoms with Crippen LogP contribution in [0.1, 0.15) is 15.9 Å². The van der Waals surface area contributed by atoms with E-state index in [9.17, 15) is 13.2 Å². The molecule has 0 fully saturated rings. The van der Waals surface area contributed by atoms with Gasteiger partial charge in [-0.2, -0.15) is 0 Å². The fourth-order valence-corrected chi connectivity index (χ4v) is 4.70. The molecule has 0 spiro atoms. The van der Waals surface area contributed by atoms with Crippen molar-refractivity contribution in [3.8, 4) is 5.69 Å². The van der Waals surface area contributed by atoms with Crippen LogP contribution in [-0.2, 0) is 10.0 Å². The molecule has 1 amide bonds. The summed E-state index contributed by atoms with van der Waals surface area (Å²) in [4.78, 5) is 16.9. The van der Waals surface area contributed by atoms with Crippen LogP contribution in [0.4, 0.5) is 11.4 Å². The second-order valence-electron chi connectivity index (χ2n) is 7.42. The monoisotopic (exact) mass is 480 g/mol. The molecule has 0 atom stereocenters. The maximum absolute atomic E-state index is 12.9. The highest BCUT2D eigenvalue weighted by atomic mass is 35.5. The van der Waals surface area contributed by atoms with E-state index in [0.717, 1.165) is 11.3 Å². The number of hydrogen-bond acceptors (Lipinski definition) is 4. The van der Waals surface area contributed by atoms with Gasteiger partial charge in [0, 0.05) is 30.7 Å². The van der Waals surface area contributed by atoms with Crippen molar-refractivity contribution in [2.45, 2.75) is 11.8 Å². The molecule has 0 bridgehead atoms. The molecule has 0 saturated heterocycles. The Morgan fingerprint density at radius 1 is 1.03 bits per heavy atom. The Bertz CT molecular complexity index is 1380. The highest BCUT2D eigenvalue weighted by molar-refractivity contribution is 7.92. The van der Waals surface area contributed by atoms with Gasteiger partial charge in [0.1, 0.15) is 0 Å². The topological polar surface area (TPSA) is 84.3 Å². The van der Waals surface area contributed by atoms with E-state index in [-0.39, 0.29) is 10.8 Å². The average molecular weight is 481 g/mol. The summed E-state index contributed by atoms with van der Waals surface area (Å²) in [5.41, 5.74) is 3.09. The summed E-state index contributed by atoms with van der Waals surface area (Å²) in [5.74, 6) is -0.336. The Hall–Kier alpha value is -3.62. The van der Waals surface area contributed by atoms with Gasteiger partial charge in [0.25, 0.3) is 15.9 Å². The predicted octanol–water partition coefficient (Wildman–Crippen LogP) is 4.91. The summed E-state index contributed by atoms with van der Waals surface area (Å²) in [6.07, 6.45) is 5.06. The lowest BCUT2D eigenvalue weighted by Crippen LogP contribution is -2.26. The summed E-state index contributed by atoms with van der Waals surface area (Å²) in [7, 11) is -2.23. The van der Waals surface area contributed by atoms with Gasteiger partial charge in [-0.25, -0.2) is 13.4 Å². The second kappa shape index (κ2) is 9.09. The van der Waals surface area contributed by atoms with Crippen LogP contribution in [0.25, 0.3) is 5.69 Å². The first-order chi connectivity index (χ1) is 15.8. The number of aromatic nitrogens is 2. The van der Waals surface area contributed by atoms with Crippen molar-refractivity contribution >= 4 is 38.9 Å². The fourth-order valence-electron chi connectivity index (χ4n) is 3.23. The maximum Gasteiger partial charge on any atom is 0.264 e. The number of sulfonamides is 1. The Morgan fingerprint density at radius 2 is 1.73 bits per heavy atom.